The van der Waals surface area contributed by atoms with Crippen LogP contribution in [-0.4, -0.2) is 20.9 Å². The van der Waals surface area contributed by atoms with Gasteiger partial charge in [0.25, 0.3) is 5.91 Å². The zero-order valence-corrected chi connectivity index (χ0v) is 14.0. The molecule has 3 N–H and O–H groups in total. The van der Waals surface area contributed by atoms with Gasteiger partial charge in [0.2, 0.25) is 0 Å². The summed E-state index contributed by atoms with van der Waals surface area (Å²) in [4.78, 5) is 12.4. The maximum atomic E-state index is 13.0. The van der Waals surface area contributed by atoms with E-state index in [0.717, 1.165) is 16.7 Å². The maximum absolute atomic E-state index is 13.0. The second-order valence-corrected chi connectivity index (χ2v) is 5.86. The van der Waals surface area contributed by atoms with Crippen molar-refractivity contribution in [2.75, 3.05) is 11.1 Å². The number of carbonyl (C=O) groups excluding carboxylic acids is 1. The molecule has 1 heterocycles. The van der Waals surface area contributed by atoms with Gasteiger partial charge in [-0.05, 0) is 54.8 Å². The van der Waals surface area contributed by atoms with Crippen molar-refractivity contribution in [1.29, 1.82) is 0 Å². The van der Waals surface area contributed by atoms with Gasteiger partial charge < -0.3 is 11.1 Å². The number of aryl methyl sites for hydroxylation is 2. The summed E-state index contributed by atoms with van der Waals surface area (Å²) in [6.45, 7) is 4.27. The highest BCUT2D eigenvalue weighted by Gasteiger charge is 2.18. The first-order chi connectivity index (χ1) is 11.9. The number of nitrogens with zero attached hydrogens (tertiary/aromatic N) is 3. The Morgan fingerprint density at radius 3 is 2.56 bits per heavy atom. The molecule has 0 bridgehead atoms. The molecule has 7 heteroatoms. The maximum Gasteiger partial charge on any atom is 0.280 e. The number of rotatable bonds is 4. The topological polar surface area (TPSA) is 85.8 Å². The molecular weight excluding hydrogens is 321 g/mol. The highest BCUT2D eigenvalue weighted by atomic mass is 19.1. The smallest absolute Gasteiger partial charge is 0.280 e. The molecule has 3 aromatic rings. The predicted molar refractivity (Wildman–Crippen MR) is 93.8 cm³/mol. The number of nitrogens with one attached hydrogen (secondary N) is 1. The van der Waals surface area contributed by atoms with Crippen molar-refractivity contribution in [3.05, 3.63) is 70.7 Å². The van der Waals surface area contributed by atoms with E-state index in [9.17, 15) is 9.18 Å². The summed E-state index contributed by atoms with van der Waals surface area (Å²) in [5, 5.41) is 10.5. The van der Waals surface area contributed by atoms with E-state index in [1.165, 1.54) is 16.8 Å². The van der Waals surface area contributed by atoms with Crippen LogP contribution < -0.4 is 11.1 Å². The lowest BCUT2D eigenvalue weighted by molar-refractivity contribution is 0.102. The Labute approximate surface area is 144 Å². The molecule has 0 saturated heterocycles. The highest BCUT2D eigenvalue weighted by molar-refractivity contribution is 6.05. The first-order valence-electron chi connectivity index (χ1n) is 7.76. The number of amides is 1. The first-order valence-corrected chi connectivity index (χ1v) is 7.76. The van der Waals surface area contributed by atoms with E-state index in [0.29, 0.717) is 12.2 Å². The summed E-state index contributed by atoms with van der Waals surface area (Å²) in [5.41, 5.74) is 9.74. The van der Waals surface area contributed by atoms with Crippen molar-refractivity contribution in [3.63, 3.8) is 0 Å². The van der Waals surface area contributed by atoms with E-state index in [2.05, 4.69) is 15.6 Å². The van der Waals surface area contributed by atoms with Crippen molar-refractivity contribution in [2.45, 2.75) is 20.4 Å². The fourth-order valence-electron chi connectivity index (χ4n) is 2.37. The van der Waals surface area contributed by atoms with Crippen LogP contribution >= 0.6 is 0 Å². The highest BCUT2D eigenvalue weighted by Crippen LogP contribution is 2.17. The van der Waals surface area contributed by atoms with Gasteiger partial charge in [-0.2, -0.15) is 0 Å². The van der Waals surface area contributed by atoms with E-state index in [1.807, 2.05) is 32.0 Å². The van der Waals surface area contributed by atoms with Crippen LogP contribution in [0.25, 0.3) is 0 Å². The van der Waals surface area contributed by atoms with Gasteiger partial charge in [0.1, 0.15) is 5.82 Å². The molecule has 0 aliphatic carbocycles. The van der Waals surface area contributed by atoms with Crippen LogP contribution in [0.1, 0.15) is 27.2 Å². The number of anilines is 2. The number of hydrogen-bond acceptors (Lipinski definition) is 4. The van der Waals surface area contributed by atoms with Gasteiger partial charge in [-0.15, -0.1) is 5.10 Å². The molecular formula is C18H18FN5O. The molecule has 0 fully saturated rings. The SMILES string of the molecule is Cc1ccc(NC(=O)c2nnn(Cc3ccc(F)cc3)c2N)cc1C. The van der Waals surface area contributed by atoms with Crippen molar-refractivity contribution in [1.82, 2.24) is 15.0 Å². The van der Waals surface area contributed by atoms with Crippen LogP contribution in [0.4, 0.5) is 15.9 Å². The van der Waals surface area contributed by atoms with E-state index in [-0.39, 0.29) is 17.3 Å². The van der Waals surface area contributed by atoms with Gasteiger partial charge >= 0.3 is 0 Å². The van der Waals surface area contributed by atoms with Crippen LogP contribution in [0.2, 0.25) is 0 Å². The molecule has 0 aliphatic rings. The average Bonchev–Trinajstić information content (AvgIpc) is 2.94. The Kier molecular flexibility index (Phi) is 4.47. The summed E-state index contributed by atoms with van der Waals surface area (Å²) < 4.78 is 14.4. The first kappa shape index (κ1) is 16.6. The summed E-state index contributed by atoms with van der Waals surface area (Å²) in [7, 11) is 0. The molecule has 3 rings (SSSR count). The zero-order valence-electron chi connectivity index (χ0n) is 14.0. The molecule has 2 aromatic carbocycles. The Balaban J connectivity index is 1.76. The number of benzene rings is 2. The van der Waals surface area contributed by atoms with E-state index >= 15 is 0 Å². The fourth-order valence-corrected chi connectivity index (χ4v) is 2.37. The molecule has 0 radical (unpaired) electrons. The largest absolute Gasteiger partial charge is 0.382 e. The number of nitrogens with two attached hydrogens (primary N) is 1. The Hall–Kier alpha value is -3.22. The normalized spacial score (nSPS) is 10.7. The second-order valence-electron chi connectivity index (χ2n) is 5.86. The van der Waals surface area contributed by atoms with E-state index in [4.69, 9.17) is 5.73 Å². The van der Waals surface area contributed by atoms with Gasteiger partial charge in [-0.1, -0.05) is 23.4 Å². The average molecular weight is 339 g/mol. The molecule has 1 amide bonds. The molecule has 0 saturated carbocycles. The molecule has 128 valence electrons. The lowest BCUT2D eigenvalue weighted by Gasteiger charge is -2.07. The number of aromatic nitrogens is 3. The van der Waals surface area contributed by atoms with Crippen LogP contribution in [0.15, 0.2) is 42.5 Å². The predicted octanol–water partition coefficient (Wildman–Crippen LogP) is 2.92. The minimum Gasteiger partial charge on any atom is -0.382 e. The Morgan fingerprint density at radius 2 is 1.88 bits per heavy atom. The molecule has 1 aromatic heterocycles. The number of halogens is 1. The standard InChI is InChI=1S/C18H18FN5O/c1-11-3-8-15(9-12(11)2)21-18(25)16-17(20)24(23-22-16)10-13-4-6-14(19)7-5-13/h3-9H,10,20H2,1-2H3,(H,21,25). The summed E-state index contributed by atoms with van der Waals surface area (Å²) in [6, 6.07) is 11.6. The minimum absolute atomic E-state index is 0.0559. The van der Waals surface area contributed by atoms with Crippen molar-refractivity contribution >= 4 is 17.4 Å². The van der Waals surface area contributed by atoms with Crippen LogP contribution in [-0.2, 0) is 6.54 Å². The van der Waals surface area contributed by atoms with Gasteiger partial charge in [0, 0.05) is 5.69 Å². The second kappa shape index (κ2) is 6.72. The number of hydrogen-bond donors (Lipinski definition) is 2. The molecule has 0 aliphatic heterocycles. The van der Waals surface area contributed by atoms with E-state index in [1.54, 1.807) is 12.1 Å². The van der Waals surface area contributed by atoms with E-state index < -0.39 is 5.91 Å². The summed E-state index contributed by atoms with van der Waals surface area (Å²) >= 11 is 0. The molecule has 0 atom stereocenters. The number of nitrogen functional groups attached to an aromatic ring is 1. The van der Waals surface area contributed by atoms with Gasteiger partial charge in [0.05, 0.1) is 6.54 Å². The molecule has 25 heavy (non-hydrogen) atoms. The van der Waals surface area contributed by atoms with Gasteiger partial charge in [-0.3, -0.25) is 4.79 Å². The quantitative estimate of drug-likeness (QED) is 0.765. The molecule has 0 unspecified atom stereocenters. The minimum atomic E-state index is -0.425. The zero-order chi connectivity index (χ0) is 18.0. The van der Waals surface area contributed by atoms with Crippen molar-refractivity contribution in [2.24, 2.45) is 0 Å². The Morgan fingerprint density at radius 1 is 1.16 bits per heavy atom. The third-order valence-corrected chi connectivity index (χ3v) is 4.00. The van der Waals surface area contributed by atoms with Crippen LogP contribution in [0, 0.1) is 19.7 Å². The lowest BCUT2D eigenvalue weighted by Crippen LogP contribution is -2.15. The van der Waals surface area contributed by atoms with Crippen LogP contribution in [0.5, 0.6) is 0 Å². The van der Waals surface area contributed by atoms with Gasteiger partial charge in [-0.25, -0.2) is 9.07 Å². The monoisotopic (exact) mass is 339 g/mol. The fraction of sp³-hybridized carbons (Fsp3) is 0.167. The molecule has 6 nitrogen and oxygen atoms in total. The van der Waals surface area contributed by atoms with Crippen molar-refractivity contribution in [3.8, 4) is 0 Å². The van der Waals surface area contributed by atoms with Crippen LogP contribution in [0.3, 0.4) is 0 Å². The lowest BCUT2D eigenvalue weighted by atomic mass is 10.1. The van der Waals surface area contributed by atoms with Gasteiger partial charge in [0.15, 0.2) is 11.5 Å². The third-order valence-electron chi connectivity index (χ3n) is 4.00. The number of carbonyl (C=O) groups is 1. The summed E-state index contributed by atoms with van der Waals surface area (Å²) in [6.07, 6.45) is 0. The summed E-state index contributed by atoms with van der Waals surface area (Å²) in [5.74, 6) is -0.583. The third kappa shape index (κ3) is 3.65. The molecule has 0 spiro atoms. The Bertz CT molecular complexity index is 918. The van der Waals surface area contributed by atoms with Crippen molar-refractivity contribution < 1.29 is 9.18 Å².